The van der Waals surface area contributed by atoms with Crippen LogP contribution in [0.5, 0.6) is 5.75 Å². The second kappa shape index (κ2) is 5.14. The second-order valence-electron chi connectivity index (χ2n) is 4.26. The first kappa shape index (κ1) is 13.8. The van der Waals surface area contributed by atoms with Crippen molar-refractivity contribution in [3.05, 3.63) is 17.9 Å². The van der Waals surface area contributed by atoms with Crippen LogP contribution in [0.2, 0.25) is 0 Å². The topological polar surface area (TPSA) is 79.0 Å². The van der Waals surface area contributed by atoms with E-state index in [9.17, 15) is 23.4 Å². The molecule has 0 amide bonds. The molecule has 19 heavy (non-hydrogen) atoms. The van der Waals surface area contributed by atoms with Gasteiger partial charge in [0, 0.05) is 25.2 Å². The highest BCUT2D eigenvalue weighted by Gasteiger charge is 2.31. The molecule has 1 heterocycles. The first-order chi connectivity index (χ1) is 8.88. The van der Waals surface area contributed by atoms with Crippen LogP contribution in [0.3, 0.4) is 0 Å². The first-order valence-corrected chi connectivity index (χ1v) is 5.53. The average molecular weight is 278 g/mol. The Morgan fingerprint density at radius 3 is 2.37 bits per heavy atom. The van der Waals surface area contributed by atoms with E-state index in [0.29, 0.717) is 0 Å². The van der Waals surface area contributed by atoms with Gasteiger partial charge in [0.25, 0.3) is 0 Å². The standard InChI is InChI=1S/C11H13F3N2O3/c12-5-1-6(15)7(2-10(5)19-11(13)14)16-3-8(17)9(18)4-16/h1-2,8-9,11,17-18H,3-4,15H2. The normalized spacial score (nSPS) is 23.2. The summed E-state index contributed by atoms with van der Waals surface area (Å²) in [7, 11) is 0. The Labute approximate surface area is 107 Å². The number of hydrogen-bond donors (Lipinski definition) is 3. The number of nitrogens with zero attached hydrogens (tertiary/aromatic N) is 1. The number of alkyl halides is 2. The number of rotatable bonds is 3. The van der Waals surface area contributed by atoms with Crippen molar-refractivity contribution in [3.8, 4) is 5.75 Å². The maximum atomic E-state index is 13.4. The highest BCUT2D eigenvalue weighted by molar-refractivity contribution is 5.70. The second-order valence-corrected chi connectivity index (χ2v) is 4.26. The molecular weight excluding hydrogens is 265 g/mol. The molecule has 8 heteroatoms. The van der Waals surface area contributed by atoms with Gasteiger partial charge in [0.2, 0.25) is 0 Å². The van der Waals surface area contributed by atoms with Crippen molar-refractivity contribution in [2.24, 2.45) is 0 Å². The van der Waals surface area contributed by atoms with Crippen LogP contribution >= 0.6 is 0 Å². The molecule has 1 fully saturated rings. The van der Waals surface area contributed by atoms with Gasteiger partial charge in [-0.05, 0) is 0 Å². The van der Waals surface area contributed by atoms with Gasteiger partial charge in [0.1, 0.15) is 0 Å². The number of anilines is 2. The van der Waals surface area contributed by atoms with Crippen molar-refractivity contribution in [3.63, 3.8) is 0 Å². The van der Waals surface area contributed by atoms with Crippen LogP contribution in [-0.4, -0.2) is 42.1 Å². The first-order valence-electron chi connectivity index (χ1n) is 5.53. The number of aliphatic hydroxyl groups is 2. The van der Waals surface area contributed by atoms with E-state index in [1.54, 1.807) is 0 Å². The molecule has 1 aliphatic heterocycles. The maximum Gasteiger partial charge on any atom is 0.387 e. The van der Waals surface area contributed by atoms with Gasteiger partial charge in [-0.15, -0.1) is 0 Å². The van der Waals surface area contributed by atoms with Crippen LogP contribution in [0.1, 0.15) is 0 Å². The predicted octanol–water partition coefficient (Wildman–Crippen LogP) is 0.551. The van der Waals surface area contributed by atoms with E-state index in [-0.39, 0.29) is 24.5 Å². The third kappa shape index (κ3) is 2.85. The summed E-state index contributed by atoms with van der Waals surface area (Å²) in [5.74, 6) is -1.63. The lowest BCUT2D eigenvalue weighted by molar-refractivity contribution is -0.0521. The van der Waals surface area contributed by atoms with Crippen molar-refractivity contribution in [1.82, 2.24) is 0 Å². The Balaban J connectivity index is 2.30. The third-order valence-electron chi connectivity index (χ3n) is 2.90. The number of benzene rings is 1. The summed E-state index contributed by atoms with van der Waals surface area (Å²) in [6, 6.07) is 1.89. The summed E-state index contributed by atoms with van der Waals surface area (Å²) in [6.45, 7) is -3.00. The summed E-state index contributed by atoms with van der Waals surface area (Å²) < 4.78 is 41.7. The zero-order valence-corrected chi connectivity index (χ0v) is 9.76. The highest BCUT2D eigenvalue weighted by Crippen LogP contribution is 2.33. The minimum atomic E-state index is -3.15. The van der Waals surface area contributed by atoms with E-state index in [0.717, 1.165) is 12.1 Å². The number of hydrogen-bond acceptors (Lipinski definition) is 5. The molecular formula is C11H13F3N2O3. The number of β-amino-alcohol motifs (C(OH)–C–C–N with tert-alkyl or cyclic N) is 2. The van der Waals surface area contributed by atoms with E-state index in [1.165, 1.54) is 4.90 Å². The van der Waals surface area contributed by atoms with Gasteiger partial charge in [-0.3, -0.25) is 0 Å². The van der Waals surface area contributed by atoms with Gasteiger partial charge in [0.15, 0.2) is 11.6 Å². The summed E-state index contributed by atoms with van der Waals surface area (Å²) in [5.41, 5.74) is 5.85. The SMILES string of the molecule is Nc1cc(F)c(OC(F)F)cc1N1CC(O)C(O)C1. The van der Waals surface area contributed by atoms with Crippen LogP contribution in [-0.2, 0) is 0 Å². The Morgan fingerprint density at radius 1 is 1.26 bits per heavy atom. The van der Waals surface area contributed by atoms with E-state index in [4.69, 9.17) is 5.73 Å². The molecule has 0 saturated carbocycles. The van der Waals surface area contributed by atoms with Gasteiger partial charge in [-0.25, -0.2) is 4.39 Å². The fourth-order valence-electron chi connectivity index (χ4n) is 1.98. The molecule has 4 N–H and O–H groups in total. The Kier molecular flexibility index (Phi) is 3.72. The molecule has 106 valence electrons. The molecule has 0 spiro atoms. The number of ether oxygens (including phenoxy) is 1. The van der Waals surface area contributed by atoms with Crippen molar-refractivity contribution in [2.75, 3.05) is 23.7 Å². The van der Waals surface area contributed by atoms with Crippen LogP contribution < -0.4 is 15.4 Å². The molecule has 2 atom stereocenters. The predicted molar refractivity (Wildman–Crippen MR) is 61.7 cm³/mol. The average Bonchev–Trinajstić information content (AvgIpc) is 2.62. The van der Waals surface area contributed by atoms with Crippen molar-refractivity contribution >= 4 is 11.4 Å². The molecule has 2 unspecified atom stereocenters. The minimum absolute atomic E-state index is 0.0143. The van der Waals surface area contributed by atoms with Crippen molar-refractivity contribution in [2.45, 2.75) is 18.8 Å². The minimum Gasteiger partial charge on any atom is -0.432 e. The molecule has 2 rings (SSSR count). The quantitative estimate of drug-likeness (QED) is 0.704. The van der Waals surface area contributed by atoms with E-state index in [2.05, 4.69) is 4.74 Å². The van der Waals surface area contributed by atoms with Crippen LogP contribution in [0, 0.1) is 5.82 Å². The molecule has 0 aromatic heterocycles. The maximum absolute atomic E-state index is 13.4. The van der Waals surface area contributed by atoms with E-state index >= 15 is 0 Å². The third-order valence-corrected chi connectivity index (χ3v) is 2.90. The van der Waals surface area contributed by atoms with Crippen molar-refractivity contribution < 1.29 is 28.1 Å². The Bertz CT molecular complexity index is 463. The number of halogens is 3. The molecule has 5 nitrogen and oxygen atoms in total. The number of nitrogens with two attached hydrogens (primary N) is 1. The monoisotopic (exact) mass is 278 g/mol. The van der Waals surface area contributed by atoms with Gasteiger partial charge in [-0.2, -0.15) is 8.78 Å². The molecule has 0 radical (unpaired) electrons. The summed E-state index contributed by atoms with van der Waals surface area (Å²) >= 11 is 0. The largest absolute Gasteiger partial charge is 0.432 e. The smallest absolute Gasteiger partial charge is 0.387 e. The molecule has 1 aromatic carbocycles. The lowest BCUT2D eigenvalue weighted by Crippen LogP contribution is -2.22. The molecule has 1 aromatic rings. The Morgan fingerprint density at radius 2 is 1.84 bits per heavy atom. The van der Waals surface area contributed by atoms with E-state index in [1.807, 2.05) is 0 Å². The highest BCUT2D eigenvalue weighted by atomic mass is 19.3. The molecule has 0 aliphatic carbocycles. The van der Waals surface area contributed by atoms with Crippen molar-refractivity contribution in [1.29, 1.82) is 0 Å². The zero-order valence-electron chi connectivity index (χ0n) is 9.76. The number of aliphatic hydroxyl groups excluding tert-OH is 2. The molecule has 1 aliphatic rings. The van der Waals surface area contributed by atoms with E-state index < -0.39 is 30.4 Å². The van der Waals surface area contributed by atoms with Crippen LogP contribution in [0.4, 0.5) is 24.5 Å². The fourth-order valence-corrected chi connectivity index (χ4v) is 1.98. The lowest BCUT2D eigenvalue weighted by Gasteiger charge is -2.21. The number of nitrogen functional groups attached to an aromatic ring is 1. The summed E-state index contributed by atoms with van der Waals surface area (Å²) in [6.07, 6.45) is -1.94. The van der Waals surface area contributed by atoms with Gasteiger partial charge in [-0.1, -0.05) is 0 Å². The van der Waals surface area contributed by atoms with Gasteiger partial charge >= 0.3 is 6.61 Å². The van der Waals surface area contributed by atoms with Gasteiger partial charge in [0.05, 0.1) is 23.6 Å². The van der Waals surface area contributed by atoms with Gasteiger partial charge < -0.3 is 25.6 Å². The Hall–Kier alpha value is -1.67. The summed E-state index contributed by atoms with van der Waals surface area (Å²) in [4.78, 5) is 1.47. The van der Waals surface area contributed by atoms with Crippen LogP contribution in [0.25, 0.3) is 0 Å². The molecule has 0 bridgehead atoms. The summed E-state index contributed by atoms with van der Waals surface area (Å²) in [5, 5.41) is 18.9. The zero-order chi connectivity index (χ0) is 14.2. The lowest BCUT2D eigenvalue weighted by atomic mass is 10.2. The van der Waals surface area contributed by atoms with Crippen LogP contribution in [0.15, 0.2) is 12.1 Å². The molecule has 1 saturated heterocycles. The fraction of sp³-hybridized carbons (Fsp3) is 0.455.